The molecule has 5 nitrogen and oxygen atoms in total. The number of ether oxygens (including phenoxy) is 1. The number of nitrogens with one attached hydrogen (secondary N) is 1. The Morgan fingerprint density at radius 3 is 2.65 bits per heavy atom. The zero-order valence-electron chi connectivity index (χ0n) is 11.1. The third-order valence-corrected chi connectivity index (χ3v) is 3.49. The van der Waals surface area contributed by atoms with E-state index in [1.54, 1.807) is 23.9 Å². The Labute approximate surface area is 121 Å². The van der Waals surface area contributed by atoms with Crippen LogP contribution in [-0.4, -0.2) is 35.6 Å². The molecule has 1 heterocycles. The van der Waals surface area contributed by atoms with E-state index in [2.05, 4.69) is 32.4 Å². The first-order valence-electron chi connectivity index (χ1n) is 6.13. The van der Waals surface area contributed by atoms with Crippen molar-refractivity contribution in [2.75, 3.05) is 24.7 Å². The fourth-order valence-corrected chi connectivity index (χ4v) is 2.29. The van der Waals surface area contributed by atoms with Gasteiger partial charge in [0.2, 0.25) is 0 Å². The molecule has 1 aromatic carbocycles. The van der Waals surface area contributed by atoms with Crippen LogP contribution in [0.2, 0.25) is 0 Å². The van der Waals surface area contributed by atoms with Gasteiger partial charge in [-0.1, -0.05) is 18.2 Å². The van der Waals surface area contributed by atoms with Gasteiger partial charge in [-0.2, -0.15) is 0 Å². The molecule has 0 fully saturated rings. The number of nitrogens with zero attached hydrogens (tertiary/aromatic N) is 2. The number of methoxy groups -OCH3 is 1. The Bertz CT molecular complexity index is 546. The lowest BCUT2D eigenvalue weighted by Gasteiger charge is -2.05. The van der Waals surface area contributed by atoms with Crippen LogP contribution in [0.4, 0.5) is 5.82 Å². The number of esters is 1. The molecule has 0 aliphatic rings. The van der Waals surface area contributed by atoms with Gasteiger partial charge in [0.25, 0.3) is 0 Å². The lowest BCUT2D eigenvalue weighted by atomic mass is 10.4. The molecule has 0 saturated carbocycles. The van der Waals surface area contributed by atoms with Gasteiger partial charge in [-0.15, -0.1) is 22.0 Å². The van der Waals surface area contributed by atoms with Crippen molar-refractivity contribution in [1.29, 1.82) is 0 Å². The zero-order chi connectivity index (χ0) is 14.2. The lowest BCUT2D eigenvalue weighted by molar-refractivity contribution is 0.0593. The van der Waals surface area contributed by atoms with Gasteiger partial charge >= 0.3 is 5.97 Å². The molecule has 2 rings (SSSR count). The quantitative estimate of drug-likeness (QED) is 0.501. The minimum atomic E-state index is -0.483. The summed E-state index contributed by atoms with van der Waals surface area (Å²) in [7, 11) is 1.32. The first kappa shape index (κ1) is 14.3. The number of aromatic nitrogens is 2. The number of rotatable bonds is 6. The summed E-state index contributed by atoms with van der Waals surface area (Å²) < 4.78 is 4.56. The molecule has 0 spiro atoms. The third-order valence-electron chi connectivity index (χ3n) is 2.48. The van der Waals surface area contributed by atoms with E-state index in [0.717, 1.165) is 12.3 Å². The van der Waals surface area contributed by atoms with Crippen LogP contribution in [0.3, 0.4) is 0 Å². The number of hydrogen-bond acceptors (Lipinski definition) is 6. The molecule has 0 aliphatic heterocycles. The maximum Gasteiger partial charge on any atom is 0.358 e. The Morgan fingerprint density at radius 2 is 2.00 bits per heavy atom. The summed E-state index contributed by atoms with van der Waals surface area (Å²) in [6.07, 6.45) is 0. The van der Waals surface area contributed by atoms with Gasteiger partial charge in [-0.3, -0.25) is 0 Å². The predicted molar refractivity (Wildman–Crippen MR) is 79.0 cm³/mol. The van der Waals surface area contributed by atoms with E-state index in [1.165, 1.54) is 12.0 Å². The number of carbonyl (C=O) groups is 1. The molecule has 2 aromatic rings. The van der Waals surface area contributed by atoms with Crippen LogP contribution in [0.15, 0.2) is 47.4 Å². The maximum absolute atomic E-state index is 11.2. The second-order valence-electron chi connectivity index (χ2n) is 3.88. The van der Waals surface area contributed by atoms with Crippen molar-refractivity contribution in [3.8, 4) is 0 Å². The molecule has 0 aliphatic carbocycles. The van der Waals surface area contributed by atoms with E-state index in [9.17, 15) is 4.79 Å². The summed E-state index contributed by atoms with van der Waals surface area (Å²) in [4.78, 5) is 12.4. The largest absolute Gasteiger partial charge is 0.464 e. The molecule has 1 aromatic heterocycles. The predicted octanol–water partition coefficient (Wildman–Crippen LogP) is 2.47. The molecule has 20 heavy (non-hydrogen) atoms. The third kappa shape index (κ3) is 4.24. The van der Waals surface area contributed by atoms with Crippen LogP contribution in [-0.2, 0) is 4.74 Å². The van der Waals surface area contributed by atoms with Gasteiger partial charge in [-0.05, 0) is 24.3 Å². The Kier molecular flexibility index (Phi) is 5.37. The minimum Gasteiger partial charge on any atom is -0.464 e. The van der Waals surface area contributed by atoms with Gasteiger partial charge in [0.05, 0.1) is 7.11 Å². The van der Waals surface area contributed by atoms with Crippen LogP contribution in [0.25, 0.3) is 0 Å². The first-order valence-corrected chi connectivity index (χ1v) is 7.12. The average Bonchev–Trinajstić information content (AvgIpc) is 2.52. The molecule has 0 radical (unpaired) electrons. The summed E-state index contributed by atoms with van der Waals surface area (Å²) in [6, 6.07) is 13.5. The second-order valence-corrected chi connectivity index (χ2v) is 5.05. The molecule has 0 bridgehead atoms. The summed E-state index contributed by atoms with van der Waals surface area (Å²) in [6.45, 7) is 0.770. The molecular weight excluding hydrogens is 274 g/mol. The highest BCUT2D eigenvalue weighted by atomic mass is 32.2. The number of anilines is 1. The van der Waals surface area contributed by atoms with E-state index in [-0.39, 0.29) is 5.69 Å². The van der Waals surface area contributed by atoms with Crippen LogP contribution in [0, 0.1) is 0 Å². The van der Waals surface area contributed by atoms with Crippen molar-refractivity contribution in [2.45, 2.75) is 4.90 Å². The molecule has 1 N–H and O–H groups in total. The molecule has 0 unspecified atom stereocenters. The maximum atomic E-state index is 11.2. The zero-order valence-corrected chi connectivity index (χ0v) is 11.9. The van der Waals surface area contributed by atoms with Crippen molar-refractivity contribution in [1.82, 2.24) is 10.2 Å². The van der Waals surface area contributed by atoms with Crippen LogP contribution < -0.4 is 5.32 Å². The van der Waals surface area contributed by atoms with Crippen molar-refractivity contribution in [3.05, 3.63) is 48.2 Å². The molecule has 0 saturated heterocycles. The lowest BCUT2D eigenvalue weighted by Crippen LogP contribution is -2.09. The fourth-order valence-electron chi connectivity index (χ4n) is 1.50. The van der Waals surface area contributed by atoms with E-state index in [1.807, 2.05) is 18.2 Å². The normalized spacial score (nSPS) is 10.1. The van der Waals surface area contributed by atoms with Gasteiger partial charge < -0.3 is 10.1 Å². The molecule has 0 amide bonds. The number of benzene rings is 1. The van der Waals surface area contributed by atoms with Gasteiger partial charge in [0.1, 0.15) is 5.82 Å². The van der Waals surface area contributed by atoms with Crippen molar-refractivity contribution < 1.29 is 9.53 Å². The van der Waals surface area contributed by atoms with Crippen LogP contribution >= 0.6 is 11.8 Å². The van der Waals surface area contributed by atoms with Crippen molar-refractivity contribution >= 4 is 23.5 Å². The highest BCUT2D eigenvalue weighted by Gasteiger charge is 2.07. The summed E-state index contributed by atoms with van der Waals surface area (Å²) in [5, 5.41) is 10.9. The summed E-state index contributed by atoms with van der Waals surface area (Å²) >= 11 is 1.77. The van der Waals surface area contributed by atoms with Gasteiger partial charge in [0.15, 0.2) is 5.69 Å². The van der Waals surface area contributed by atoms with Crippen LogP contribution in [0.5, 0.6) is 0 Å². The van der Waals surface area contributed by atoms with Gasteiger partial charge in [-0.25, -0.2) is 4.79 Å². The Morgan fingerprint density at radius 1 is 1.20 bits per heavy atom. The SMILES string of the molecule is COC(=O)c1ccc(NCCSc2ccccc2)nn1. The summed E-state index contributed by atoms with van der Waals surface area (Å²) in [5.41, 5.74) is 0.205. The number of hydrogen-bond donors (Lipinski definition) is 1. The standard InChI is InChI=1S/C14H15N3O2S/c1-19-14(18)12-7-8-13(17-16-12)15-9-10-20-11-5-3-2-4-6-11/h2-8H,9-10H2,1H3,(H,15,17). The van der Waals surface area contributed by atoms with Crippen molar-refractivity contribution in [2.24, 2.45) is 0 Å². The van der Waals surface area contributed by atoms with E-state index < -0.39 is 5.97 Å². The second kappa shape index (κ2) is 7.49. The molecular formula is C14H15N3O2S. The van der Waals surface area contributed by atoms with E-state index >= 15 is 0 Å². The Balaban J connectivity index is 1.75. The van der Waals surface area contributed by atoms with Crippen LogP contribution in [0.1, 0.15) is 10.5 Å². The molecule has 6 heteroatoms. The Hall–Kier alpha value is -2.08. The monoisotopic (exact) mass is 289 g/mol. The summed E-state index contributed by atoms with van der Waals surface area (Å²) in [5.74, 6) is 1.08. The highest BCUT2D eigenvalue weighted by molar-refractivity contribution is 7.99. The number of thioether (sulfide) groups is 1. The topological polar surface area (TPSA) is 64.1 Å². The molecule has 104 valence electrons. The smallest absolute Gasteiger partial charge is 0.358 e. The minimum absolute atomic E-state index is 0.205. The van der Waals surface area contributed by atoms with E-state index in [0.29, 0.717) is 5.82 Å². The van der Waals surface area contributed by atoms with Gasteiger partial charge in [0, 0.05) is 17.2 Å². The fraction of sp³-hybridized carbons (Fsp3) is 0.214. The first-order chi connectivity index (χ1) is 9.79. The average molecular weight is 289 g/mol. The van der Waals surface area contributed by atoms with Crippen molar-refractivity contribution in [3.63, 3.8) is 0 Å². The van der Waals surface area contributed by atoms with E-state index in [4.69, 9.17) is 0 Å². The highest BCUT2D eigenvalue weighted by Crippen LogP contribution is 2.16. The number of carbonyl (C=O) groups excluding carboxylic acids is 1. The molecule has 0 atom stereocenters.